The first-order valence-electron chi connectivity index (χ1n) is 14.2. The zero-order chi connectivity index (χ0) is 30.6. The van der Waals surface area contributed by atoms with Gasteiger partial charge in [0.15, 0.2) is 0 Å². The van der Waals surface area contributed by atoms with Crippen LogP contribution in [0.4, 0.5) is 0 Å². The van der Waals surface area contributed by atoms with Crippen molar-refractivity contribution in [1.29, 1.82) is 0 Å². The summed E-state index contributed by atoms with van der Waals surface area (Å²) in [5, 5.41) is 4.46. The number of ether oxygens (including phenoxy) is 2. The maximum absolute atomic E-state index is 13.4. The second-order valence-corrected chi connectivity index (χ2v) is 12.7. The number of aromatic nitrogens is 1. The lowest BCUT2D eigenvalue weighted by Gasteiger charge is -2.23. The van der Waals surface area contributed by atoms with Gasteiger partial charge in [0.25, 0.3) is 21.8 Å². The molecule has 2 amide bonds. The molecule has 0 bridgehead atoms. The third-order valence-electron chi connectivity index (χ3n) is 7.48. The van der Waals surface area contributed by atoms with E-state index in [0.29, 0.717) is 61.8 Å². The summed E-state index contributed by atoms with van der Waals surface area (Å²) in [5.41, 5.74) is 3.63. The summed E-state index contributed by atoms with van der Waals surface area (Å²) in [7, 11) is -4.28. The number of sulfonamides is 1. The van der Waals surface area contributed by atoms with E-state index in [1.165, 1.54) is 18.2 Å². The Kier molecular flexibility index (Phi) is 9.39. The molecule has 0 atom stereocenters. The van der Waals surface area contributed by atoms with Crippen LogP contribution < -0.4 is 14.8 Å². The third kappa shape index (κ3) is 7.21. The number of carbonyl (C=O) groups excluding carboxylic acids is 2. The van der Waals surface area contributed by atoms with E-state index in [4.69, 9.17) is 21.1 Å². The third-order valence-corrected chi connectivity index (χ3v) is 9.41. The van der Waals surface area contributed by atoms with E-state index >= 15 is 0 Å². The van der Waals surface area contributed by atoms with Gasteiger partial charge in [0.2, 0.25) is 0 Å². The van der Waals surface area contributed by atoms with E-state index in [1.807, 2.05) is 50.2 Å². The Morgan fingerprint density at radius 2 is 1.72 bits per heavy atom. The monoisotopic (exact) mass is 623 g/mol. The van der Waals surface area contributed by atoms with Crippen molar-refractivity contribution in [3.63, 3.8) is 0 Å². The van der Waals surface area contributed by atoms with Crippen molar-refractivity contribution in [3.05, 3.63) is 93.6 Å². The van der Waals surface area contributed by atoms with Crippen LogP contribution >= 0.6 is 11.6 Å². The standard InChI is InChI=1S/C32H34ClN3O6S/c1-20-17-24(18-21(2)29(20)33)42-14-6-10-27-26-9-3-4-11-28(26)35-30(27)32(38)36-43(39,40)25-8-5-7-22(19-25)31(37)34-23-12-15-41-16-13-23/h3-5,7-9,11,17-19,23,35H,6,10,12-16H2,1-2H3,(H,34,37)(H,36,38). The number of rotatable bonds is 10. The summed E-state index contributed by atoms with van der Waals surface area (Å²) in [6.07, 6.45) is 2.44. The van der Waals surface area contributed by atoms with E-state index in [1.54, 1.807) is 6.07 Å². The highest BCUT2D eigenvalue weighted by Gasteiger charge is 2.25. The Morgan fingerprint density at radius 1 is 1.00 bits per heavy atom. The van der Waals surface area contributed by atoms with Gasteiger partial charge in [0.05, 0.1) is 11.5 Å². The smallest absolute Gasteiger partial charge is 0.281 e. The van der Waals surface area contributed by atoms with Gasteiger partial charge in [0.1, 0.15) is 11.4 Å². The molecule has 0 unspecified atom stereocenters. The SMILES string of the molecule is Cc1cc(OCCCc2c(C(=O)NS(=O)(=O)c3cccc(C(=O)NC4CCOCC4)c3)[nH]c3ccccc23)cc(C)c1Cl. The predicted octanol–water partition coefficient (Wildman–Crippen LogP) is 5.48. The fraction of sp³-hybridized carbons (Fsp3) is 0.312. The molecular weight excluding hydrogens is 590 g/mol. The highest BCUT2D eigenvalue weighted by molar-refractivity contribution is 7.90. The second-order valence-electron chi connectivity index (χ2n) is 10.7. The topological polar surface area (TPSA) is 127 Å². The second kappa shape index (κ2) is 13.2. The molecule has 0 radical (unpaired) electrons. The Labute approximate surface area is 256 Å². The van der Waals surface area contributed by atoms with E-state index in [9.17, 15) is 18.0 Å². The molecule has 9 nitrogen and oxygen atoms in total. The first-order valence-corrected chi connectivity index (χ1v) is 16.0. The number of benzene rings is 3. The van der Waals surface area contributed by atoms with Crippen LogP contribution in [0, 0.1) is 13.8 Å². The summed E-state index contributed by atoms with van der Waals surface area (Å²) in [4.78, 5) is 29.1. The molecule has 2 heterocycles. The lowest BCUT2D eigenvalue weighted by atomic mass is 10.1. The number of hydrogen-bond acceptors (Lipinski definition) is 6. The molecule has 1 aliphatic heterocycles. The van der Waals surface area contributed by atoms with Crippen molar-refractivity contribution in [2.45, 2.75) is 50.5 Å². The van der Waals surface area contributed by atoms with E-state index in [0.717, 1.165) is 22.0 Å². The maximum atomic E-state index is 13.4. The van der Waals surface area contributed by atoms with Crippen LogP contribution in [0.15, 0.2) is 65.6 Å². The number of aromatic amines is 1. The molecule has 1 aliphatic rings. The molecule has 0 spiro atoms. The van der Waals surface area contributed by atoms with E-state index < -0.39 is 15.9 Å². The van der Waals surface area contributed by atoms with Crippen LogP contribution in [0.5, 0.6) is 5.75 Å². The van der Waals surface area contributed by atoms with Gasteiger partial charge < -0.3 is 19.8 Å². The van der Waals surface area contributed by atoms with E-state index in [2.05, 4.69) is 15.0 Å². The lowest BCUT2D eigenvalue weighted by molar-refractivity contribution is 0.0696. The molecule has 1 fully saturated rings. The van der Waals surface area contributed by atoms with Crippen LogP contribution in [0.1, 0.15) is 56.8 Å². The van der Waals surface area contributed by atoms with Crippen molar-refractivity contribution in [1.82, 2.24) is 15.0 Å². The molecule has 226 valence electrons. The van der Waals surface area contributed by atoms with Crippen LogP contribution in [-0.2, 0) is 21.2 Å². The Balaban J connectivity index is 1.29. The first kappa shape index (κ1) is 30.6. The summed E-state index contributed by atoms with van der Waals surface area (Å²) >= 11 is 6.26. The summed E-state index contributed by atoms with van der Waals surface area (Å²) < 4.78 is 40.0. The van der Waals surface area contributed by atoms with Crippen LogP contribution in [0.2, 0.25) is 5.02 Å². The molecule has 1 aromatic heterocycles. The fourth-order valence-electron chi connectivity index (χ4n) is 5.23. The summed E-state index contributed by atoms with van der Waals surface area (Å²) in [6, 6.07) is 16.8. The highest BCUT2D eigenvalue weighted by atomic mass is 35.5. The number of fused-ring (bicyclic) bond motifs is 1. The fourth-order valence-corrected chi connectivity index (χ4v) is 6.34. The molecular formula is C32H34ClN3O6S. The van der Waals surface area contributed by atoms with Crippen molar-refractivity contribution in [3.8, 4) is 5.75 Å². The number of H-pyrrole nitrogens is 1. The normalized spacial score (nSPS) is 14.0. The van der Waals surface area contributed by atoms with Crippen LogP contribution in [-0.4, -0.2) is 51.1 Å². The lowest BCUT2D eigenvalue weighted by Crippen LogP contribution is -2.39. The first-order chi connectivity index (χ1) is 20.6. The summed E-state index contributed by atoms with van der Waals surface area (Å²) in [5.74, 6) is -0.446. The Bertz CT molecular complexity index is 1740. The number of carbonyl (C=O) groups is 2. The largest absolute Gasteiger partial charge is 0.494 e. The van der Waals surface area contributed by atoms with Gasteiger partial charge in [-0.05, 0) is 92.6 Å². The quantitative estimate of drug-likeness (QED) is 0.201. The number of nitrogens with one attached hydrogen (secondary N) is 3. The summed E-state index contributed by atoms with van der Waals surface area (Å²) in [6.45, 7) is 5.37. The van der Waals surface area contributed by atoms with Crippen LogP contribution in [0.25, 0.3) is 10.9 Å². The number of halogens is 1. The Morgan fingerprint density at radius 3 is 2.47 bits per heavy atom. The predicted molar refractivity (Wildman–Crippen MR) is 165 cm³/mol. The average Bonchev–Trinajstić information content (AvgIpc) is 3.37. The van der Waals surface area contributed by atoms with Gasteiger partial charge in [-0.25, -0.2) is 13.1 Å². The molecule has 3 aromatic carbocycles. The highest BCUT2D eigenvalue weighted by Crippen LogP contribution is 2.27. The van der Waals surface area contributed by atoms with Gasteiger partial charge in [0, 0.05) is 40.7 Å². The number of para-hydroxylation sites is 1. The van der Waals surface area contributed by atoms with Crippen molar-refractivity contribution < 1.29 is 27.5 Å². The zero-order valence-electron chi connectivity index (χ0n) is 24.0. The van der Waals surface area contributed by atoms with Gasteiger partial charge in [-0.3, -0.25) is 9.59 Å². The van der Waals surface area contributed by atoms with Gasteiger partial charge in [-0.1, -0.05) is 35.9 Å². The molecule has 3 N–H and O–H groups in total. The van der Waals surface area contributed by atoms with Crippen LogP contribution in [0.3, 0.4) is 0 Å². The molecule has 5 rings (SSSR count). The number of hydrogen-bond donors (Lipinski definition) is 3. The van der Waals surface area contributed by atoms with Crippen molar-refractivity contribution >= 4 is 44.3 Å². The number of amides is 2. The minimum absolute atomic E-state index is 0.0357. The molecule has 0 saturated carbocycles. The molecule has 4 aromatic rings. The van der Waals surface area contributed by atoms with Gasteiger partial charge in [-0.15, -0.1) is 0 Å². The van der Waals surface area contributed by atoms with Gasteiger partial charge in [-0.2, -0.15) is 0 Å². The molecule has 11 heteroatoms. The van der Waals surface area contributed by atoms with Crippen molar-refractivity contribution in [2.24, 2.45) is 0 Å². The van der Waals surface area contributed by atoms with Crippen molar-refractivity contribution in [2.75, 3.05) is 19.8 Å². The van der Waals surface area contributed by atoms with Gasteiger partial charge >= 0.3 is 0 Å². The molecule has 1 saturated heterocycles. The van der Waals surface area contributed by atoms with E-state index in [-0.39, 0.29) is 28.1 Å². The minimum Gasteiger partial charge on any atom is -0.494 e. The Hall–Kier alpha value is -3.86. The maximum Gasteiger partial charge on any atom is 0.281 e. The molecule has 43 heavy (non-hydrogen) atoms. The molecule has 0 aliphatic carbocycles. The minimum atomic E-state index is -4.28. The number of aryl methyl sites for hydroxylation is 3. The average molecular weight is 624 g/mol. The zero-order valence-corrected chi connectivity index (χ0v) is 25.6.